The van der Waals surface area contributed by atoms with Crippen LogP contribution in [0.3, 0.4) is 0 Å². The van der Waals surface area contributed by atoms with Crippen molar-refractivity contribution in [1.29, 1.82) is 0 Å². The first-order valence-electron chi connectivity index (χ1n) is 7.47. The lowest BCUT2D eigenvalue weighted by Crippen LogP contribution is -2.11. The highest BCUT2D eigenvalue weighted by Gasteiger charge is 2.07. The van der Waals surface area contributed by atoms with E-state index < -0.39 is 0 Å². The molecule has 4 nitrogen and oxygen atoms in total. The zero-order chi connectivity index (χ0) is 15.5. The quantitative estimate of drug-likeness (QED) is 0.703. The third-order valence-corrected chi connectivity index (χ3v) is 4.20. The molecule has 0 aromatic carbocycles. The van der Waals surface area contributed by atoms with Gasteiger partial charge in [0.25, 0.3) is 0 Å². The van der Waals surface area contributed by atoms with Gasteiger partial charge in [-0.05, 0) is 25.0 Å². The van der Waals surface area contributed by atoms with E-state index in [4.69, 9.17) is 0 Å². The number of rotatable bonds is 9. The molecule has 1 aromatic heterocycles. The molecular weight excluding hydrogens is 284 g/mol. The smallest absolute Gasteiger partial charge is 0.225 e. The van der Waals surface area contributed by atoms with Gasteiger partial charge in [0.2, 0.25) is 5.91 Å². The Morgan fingerprint density at radius 3 is 2.62 bits per heavy atom. The van der Waals surface area contributed by atoms with E-state index in [2.05, 4.69) is 10.3 Å². The molecule has 21 heavy (non-hydrogen) atoms. The monoisotopic (exact) mass is 308 g/mol. The summed E-state index contributed by atoms with van der Waals surface area (Å²) in [7, 11) is 0. The van der Waals surface area contributed by atoms with E-state index in [0.717, 1.165) is 31.4 Å². The maximum absolute atomic E-state index is 11.7. The van der Waals surface area contributed by atoms with Crippen LogP contribution < -0.4 is 5.32 Å². The summed E-state index contributed by atoms with van der Waals surface area (Å²) in [6.07, 6.45) is 6.17. The third kappa shape index (κ3) is 8.50. The molecule has 0 aliphatic rings. The van der Waals surface area contributed by atoms with E-state index in [1.807, 2.05) is 26.0 Å². The zero-order valence-corrected chi connectivity index (χ0v) is 13.6. The molecule has 0 radical (unpaired) electrons. The van der Waals surface area contributed by atoms with Gasteiger partial charge in [-0.15, -0.1) is 0 Å². The third-order valence-electron chi connectivity index (χ3n) is 2.95. The standard InChI is InChI=1S/C16H24N2O2S/c1-13(2)16(20)21-12-8-4-3-5-10-15(19)18-14-9-6-7-11-17-14/h6-7,9,11,13H,3-5,8,10,12H2,1-2H3,(H,17,18,19). The first kappa shape index (κ1) is 17.7. The number of carbonyl (C=O) groups excluding carboxylic acids is 2. The highest BCUT2D eigenvalue weighted by atomic mass is 32.2. The lowest BCUT2D eigenvalue weighted by molar-refractivity contribution is -0.116. The van der Waals surface area contributed by atoms with Crippen LogP contribution >= 0.6 is 11.8 Å². The summed E-state index contributed by atoms with van der Waals surface area (Å²) in [4.78, 5) is 27.1. The van der Waals surface area contributed by atoms with Gasteiger partial charge in [0.15, 0.2) is 5.12 Å². The number of hydrogen-bond acceptors (Lipinski definition) is 4. The lowest BCUT2D eigenvalue weighted by atomic mass is 10.1. The summed E-state index contributed by atoms with van der Waals surface area (Å²) in [5.41, 5.74) is 0. The van der Waals surface area contributed by atoms with Crippen molar-refractivity contribution >= 4 is 28.6 Å². The number of unbranched alkanes of at least 4 members (excludes halogenated alkanes) is 3. The van der Waals surface area contributed by atoms with Crippen LogP contribution in [0.4, 0.5) is 5.82 Å². The van der Waals surface area contributed by atoms with Gasteiger partial charge >= 0.3 is 0 Å². The van der Waals surface area contributed by atoms with Crippen LogP contribution in [-0.4, -0.2) is 21.8 Å². The van der Waals surface area contributed by atoms with Gasteiger partial charge in [-0.3, -0.25) is 9.59 Å². The summed E-state index contributed by atoms with van der Waals surface area (Å²) in [5, 5.41) is 3.04. The second-order valence-electron chi connectivity index (χ2n) is 5.25. The molecule has 1 heterocycles. The largest absolute Gasteiger partial charge is 0.311 e. The van der Waals surface area contributed by atoms with Crippen molar-refractivity contribution in [2.75, 3.05) is 11.1 Å². The van der Waals surface area contributed by atoms with Gasteiger partial charge in [-0.1, -0.05) is 44.5 Å². The molecule has 1 rings (SSSR count). The molecule has 0 saturated carbocycles. The summed E-state index contributed by atoms with van der Waals surface area (Å²) >= 11 is 1.42. The molecule has 5 heteroatoms. The summed E-state index contributed by atoms with van der Waals surface area (Å²) in [5.74, 6) is 1.62. The van der Waals surface area contributed by atoms with Crippen LogP contribution in [0.5, 0.6) is 0 Å². The number of thioether (sulfide) groups is 1. The summed E-state index contributed by atoms with van der Waals surface area (Å²) in [6.45, 7) is 3.85. The van der Waals surface area contributed by atoms with Crippen molar-refractivity contribution in [2.24, 2.45) is 5.92 Å². The Kier molecular flexibility index (Phi) is 8.74. The van der Waals surface area contributed by atoms with Crippen LogP contribution in [-0.2, 0) is 9.59 Å². The summed E-state index contributed by atoms with van der Waals surface area (Å²) < 4.78 is 0. The maximum atomic E-state index is 11.7. The lowest BCUT2D eigenvalue weighted by Gasteiger charge is -2.05. The first-order chi connectivity index (χ1) is 10.1. The van der Waals surface area contributed by atoms with Crippen molar-refractivity contribution in [3.8, 4) is 0 Å². The molecule has 1 aromatic rings. The first-order valence-corrected chi connectivity index (χ1v) is 8.45. The predicted octanol–water partition coefficient (Wildman–Crippen LogP) is 3.89. The molecule has 0 bridgehead atoms. The minimum Gasteiger partial charge on any atom is -0.311 e. The molecular formula is C16H24N2O2S. The van der Waals surface area contributed by atoms with E-state index in [-0.39, 0.29) is 16.9 Å². The van der Waals surface area contributed by atoms with E-state index in [0.29, 0.717) is 12.2 Å². The highest BCUT2D eigenvalue weighted by Crippen LogP contribution is 2.14. The Hall–Kier alpha value is -1.36. The van der Waals surface area contributed by atoms with Crippen molar-refractivity contribution < 1.29 is 9.59 Å². The SMILES string of the molecule is CC(C)C(=O)SCCCCCCC(=O)Nc1ccccn1. The van der Waals surface area contributed by atoms with E-state index in [1.165, 1.54) is 11.8 Å². The minimum absolute atomic E-state index is 0.0121. The summed E-state index contributed by atoms with van der Waals surface area (Å²) in [6, 6.07) is 5.44. The van der Waals surface area contributed by atoms with E-state index in [9.17, 15) is 9.59 Å². The Bertz CT molecular complexity index is 435. The van der Waals surface area contributed by atoms with Gasteiger partial charge in [-0.25, -0.2) is 4.98 Å². The van der Waals surface area contributed by atoms with E-state index in [1.54, 1.807) is 12.3 Å². The number of anilines is 1. The molecule has 0 aliphatic carbocycles. The van der Waals surface area contributed by atoms with E-state index >= 15 is 0 Å². The van der Waals surface area contributed by atoms with Gasteiger partial charge < -0.3 is 5.32 Å². The van der Waals surface area contributed by atoms with Crippen LogP contribution in [0.25, 0.3) is 0 Å². The van der Waals surface area contributed by atoms with Gasteiger partial charge in [-0.2, -0.15) is 0 Å². The molecule has 0 unspecified atom stereocenters. The Morgan fingerprint density at radius 1 is 1.19 bits per heavy atom. The molecule has 116 valence electrons. The fourth-order valence-electron chi connectivity index (χ4n) is 1.72. The topological polar surface area (TPSA) is 59.1 Å². The van der Waals surface area contributed by atoms with Crippen molar-refractivity contribution in [3.05, 3.63) is 24.4 Å². The number of nitrogens with zero attached hydrogens (tertiary/aromatic N) is 1. The number of pyridine rings is 1. The molecule has 0 saturated heterocycles. The number of carbonyl (C=O) groups is 2. The maximum Gasteiger partial charge on any atom is 0.225 e. The van der Waals surface area contributed by atoms with Crippen LogP contribution in [0.15, 0.2) is 24.4 Å². The van der Waals surface area contributed by atoms with Gasteiger partial charge in [0.1, 0.15) is 5.82 Å². The van der Waals surface area contributed by atoms with Gasteiger partial charge in [0.05, 0.1) is 0 Å². The van der Waals surface area contributed by atoms with Crippen molar-refractivity contribution in [2.45, 2.75) is 46.0 Å². The molecule has 0 aliphatic heterocycles. The Morgan fingerprint density at radius 2 is 1.95 bits per heavy atom. The van der Waals surface area contributed by atoms with Crippen LogP contribution in [0.1, 0.15) is 46.0 Å². The number of amides is 1. The predicted molar refractivity (Wildman–Crippen MR) is 88.3 cm³/mol. The minimum atomic E-state index is 0.0121. The molecule has 0 atom stereocenters. The zero-order valence-electron chi connectivity index (χ0n) is 12.8. The number of aromatic nitrogens is 1. The molecule has 0 fully saturated rings. The average molecular weight is 308 g/mol. The molecule has 0 spiro atoms. The highest BCUT2D eigenvalue weighted by molar-refractivity contribution is 8.13. The second kappa shape index (κ2) is 10.4. The second-order valence-corrected chi connectivity index (χ2v) is 6.35. The number of hydrogen-bond donors (Lipinski definition) is 1. The Labute approximate surface area is 131 Å². The number of nitrogens with one attached hydrogen (secondary N) is 1. The van der Waals surface area contributed by atoms with Crippen LogP contribution in [0, 0.1) is 5.92 Å². The van der Waals surface area contributed by atoms with Gasteiger partial charge in [0, 0.05) is 24.3 Å². The normalized spacial score (nSPS) is 10.6. The van der Waals surface area contributed by atoms with Crippen molar-refractivity contribution in [1.82, 2.24) is 4.98 Å². The van der Waals surface area contributed by atoms with Crippen LogP contribution in [0.2, 0.25) is 0 Å². The Balaban J connectivity index is 1.99. The average Bonchev–Trinajstić information content (AvgIpc) is 2.46. The van der Waals surface area contributed by atoms with Crippen molar-refractivity contribution in [3.63, 3.8) is 0 Å². The molecule has 1 N–H and O–H groups in total. The fourth-order valence-corrected chi connectivity index (χ4v) is 2.61. The molecule has 1 amide bonds. The fraction of sp³-hybridized carbons (Fsp3) is 0.562.